The molecule has 2 aromatic carbocycles. The van der Waals surface area contributed by atoms with E-state index in [4.69, 9.17) is 14.2 Å². The van der Waals surface area contributed by atoms with E-state index in [-0.39, 0.29) is 18.4 Å². The number of methoxy groups -OCH3 is 2. The van der Waals surface area contributed by atoms with Gasteiger partial charge in [0, 0.05) is 31.2 Å². The molecule has 1 unspecified atom stereocenters. The highest BCUT2D eigenvalue weighted by molar-refractivity contribution is 5.99. The first-order valence-corrected chi connectivity index (χ1v) is 10.0. The van der Waals surface area contributed by atoms with Gasteiger partial charge in [0.1, 0.15) is 6.61 Å². The molecule has 160 valence electrons. The van der Waals surface area contributed by atoms with Gasteiger partial charge in [0.15, 0.2) is 11.5 Å². The van der Waals surface area contributed by atoms with Gasteiger partial charge in [0.05, 0.1) is 19.9 Å². The van der Waals surface area contributed by atoms with Gasteiger partial charge in [-0.25, -0.2) is 0 Å². The van der Waals surface area contributed by atoms with Gasteiger partial charge in [-0.3, -0.25) is 9.59 Å². The zero-order valence-electron chi connectivity index (χ0n) is 17.6. The van der Waals surface area contributed by atoms with Crippen molar-refractivity contribution in [2.75, 3.05) is 45.8 Å². The molecule has 1 N–H and O–H groups in total. The maximum Gasteiger partial charge on any atom is 0.254 e. The van der Waals surface area contributed by atoms with E-state index in [1.807, 2.05) is 30.0 Å². The smallest absolute Gasteiger partial charge is 0.254 e. The highest BCUT2D eigenvalue weighted by Gasteiger charge is 2.29. The fourth-order valence-electron chi connectivity index (χ4n) is 3.69. The first kappa shape index (κ1) is 21.6. The van der Waals surface area contributed by atoms with E-state index < -0.39 is 0 Å². The fourth-order valence-corrected chi connectivity index (χ4v) is 3.69. The van der Waals surface area contributed by atoms with Crippen LogP contribution in [0.1, 0.15) is 35.2 Å². The molecular formula is C23H28N2O5. The zero-order chi connectivity index (χ0) is 21.5. The van der Waals surface area contributed by atoms with Crippen molar-refractivity contribution in [1.82, 2.24) is 4.90 Å². The molecule has 1 saturated heterocycles. The number of hydrogen-bond donors (Lipinski definition) is 1. The predicted molar refractivity (Wildman–Crippen MR) is 114 cm³/mol. The van der Waals surface area contributed by atoms with E-state index in [0.29, 0.717) is 48.4 Å². The fraction of sp³-hybridized carbons (Fsp3) is 0.391. The molecule has 1 fully saturated rings. The van der Waals surface area contributed by atoms with E-state index in [1.54, 1.807) is 12.1 Å². The summed E-state index contributed by atoms with van der Waals surface area (Å²) >= 11 is 0. The van der Waals surface area contributed by atoms with Crippen LogP contribution in [0.4, 0.5) is 5.69 Å². The number of carbonyl (C=O) groups excluding carboxylic acids is 2. The Morgan fingerprint density at radius 3 is 2.57 bits per heavy atom. The molecule has 1 heterocycles. The summed E-state index contributed by atoms with van der Waals surface area (Å²) in [7, 11) is 2.99. The summed E-state index contributed by atoms with van der Waals surface area (Å²) in [6.45, 7) is 3.51. The molecule has 1 aliphatic heterocycles. The largest absolute Gasteiger partial charge is 0.493 e. The highest BCUT2D eigenvalue weighted by Crippen LogP contribution is 2.37. The van der Waals surface area contributed by atoms with Crippen LogP contribution in [0.5, 0.6) is 11.5 Å². The number of likely N-dealkylation sites (tertiary alicyclic amines) is 1. The minimum atomic E-state index is -0.327. The molecule has 0 saturated carbocycles. The lowest BCUT2D eigenvalue weighted by Crippen LogP contribution is -2.28. The summed E-state index contributed by atoms with van der Waals surface area (Å²) in [4.78, 5) is 27.2. The van der Waals surface area contributed by atoms with Crippen molar-refractivity contribution < 1.29 is 23.8 Å². The standard InChI is InChI=1S/C23H28N2O5/c1-4-30-15-21(26)24-19-12-18(13-20(28-2)22(19)29-3)23(27)25-11-10-17(14-25)16-8-6-5-7-9-16/h5-9,12-13,17H,4,10-11,14-15H2,1-3H3,(H,24,26). The molecule has 0 bridgehead atoms. The number of amides is 2. The number of ether oxygens (including phenoxy) is 3. The number of nitrogens with one attached hydrogen (secondary N) is 1. The van der Waals surface area contributed by atoms with Crippen LogP contribution in [0.3, 0.4) is 0 Å². The monoisotopic (exact) mass is 412 g/mol. The Bertz CT molecular complexity index is 885. The van der Waals surface area contributed by atoms with Gasteiger partial charge < -0.3 is 24.4 Å². The Kier molecular flexibility index (Phi) is 7.30. The summed E-state index contributed by atoms with van der Waals surface area (Å²) in [6.07, 6.45) is 0.918. The summed E-state index contributed by atoms with van der Waals surface area (Å²) in [6, 6.07) is 13.5. The van der Waals surface area contributed by atoms with Crippen LogP contribution < -0.4 is 14.8 Å². The van der Waals surface area contributed by atoms with E-state index in [0.717, 1.165) is 6.42 Å². The summed E-state index contributed by atoms with van der Waals surface area (Å²) in [5.74, 6) is 0.638. The minimum Gasteiger partial charge on any atom is -0.493 e. The van der Waals surface area contributed by atoms with Crippen molar-refractivity contribution in [2.45, 2.75) is 19.3 Å². The van der Waals surface area contributed by atoms with Crippen LogP contribution in [0.25, 0.3) is 0 Å². The number of nitrogens with zero attached hydrogens (tertiary/aromatic N) is 1. The van der Waals surface area contributed by atoms with Crippen LogP contribution in [0, 0.1) is 0 Å². The van der Waals surface area contributed by atoms with Crippen molar-refractivity contribution in [1.29, 1.82) is 0 Å². The third-order valence-corrected chi connectivity index (χ3v) is 5.18. The molecule has 0 radical (unpaired) electrons. The first-order valence-electron chi connectivity index (χ1n) is 10.0. The van der Waals surface area contributed by atoms with Gasteiger partial charge >= 0.3 is 0 Å². The molecule has 0 spiro atoms. The van der Waals surface area contributed by atoms with Gasteiger partial charge in [-0.1, -0.05) is 30.3 Å². The quantitative estimate of drug-likeness (QED) is 0.720. The Morgan fingerprint density at radius 2 is 1.90 bits per heavy atom. The molecule has 1 aliphatic rings. The molecule has 30 heavy (non-hydrogen) atoms. The van der Waals surface area contributed by atoms with Crippen LogP contribution in [0.15, 0.2) is 42.5 Å². The van der Waals surface area contributed by atoms with Crippen molar-refractivity contribution in [2.24, 2.45) is 0 Å². The van der Waals surface area contributed by atoms with Crippen LogP contribution in [0.2, 0.25) is 0 Å². The normalized spacial score (nSPS) is 15.7. The molecule has 3 rings (SSSR count). The third kappa shape index (κ3) is 4.91. The lowest BCUT2D eigenvalue weighted by atomic mass is 9.99. The average molecular weight is 412 g/mol. The van der Waals surface area contributed by atoms with E-state index in [1.165, 1.54) is 19.8 Å². The Hall–Kier alpha value is -3.06. The molecule has 0 aliphatic carbocycles. The SMILES string of the molecule is CCOCC(=O)Nc1cc(C(=O)N2CCC(c3ccccc3)C2)cc(OC)c1OC. The predicted octanol–water partition coefficient (Wildman–Crippen LogP) is 3.31. The molecule has 1 atom stereocenters. The number of hydrogen-bond acceptors (Lipinski definition) is 5. The summed E-state index contributed by atoms with van der Waals surface area (Å²) < 4.78 is 16.0. The van der Waals surface area contributed by atoms with Crippen molar-refractivity contribution >= 4 is 17.5 Å². The molecule has 2 aromatic rings. The van der Waals surface area contributed by atoms with Crippen molar-refractivity contribution in [3.05, 3.63) is 53.6 Å². The van der Waals surface area contributed by atoms with Gasteiger partial charge in [-0.15, -0.1) is 0 Å². The summed E-state index contributed by atoms with van der Waals surface area (Å²) in [5.41, 5.74) is 2.06. The highest BCUT2D eigenvalue weighted by atomic mass is 16.5. The second-order valence-electron chi connectivity index (χ2n) is 7.09. The third-order valence-electron chi connectivity index (χ3n) is 5.18. The maximum absolute atomic E-state index is 13.2. The molecule has 2 amide bonds. The summed E-state index contributed by atoms with van der Waals surface area (Å²) in [5, 5.41) is 2.75. The molecule has 0 aromatic heterocycles. The lowest BCUT2D eigenvalue weighted by Gasteiger charge is -2.20. The van der Waals surface area contributed by atoms with Gasteiger partial charge in [-0.2, -0.15) is 0 Å². The van der Waals surface area contributed by atoms with Crippen LogP contribution >= 0.6 is 0 Å². The van der Waals surface area contributed by atoms with E-state index in [2.05, 4.69) is 17.4 Å². The second-order valence-corrected chi connectivity index (χ2v) is 7.09. The number of carbonyl (C=O) groups is 2. The van der Waals surface area contributed by atoms with Crippen molar-refractivity contribution in [3.63, 3.8) is 0 Å². The maximum atomic E-state index is 13.2. The van der Waals surface area contributed by atoms with Crippen LogP contribution in [-0.2, 0) is 9.53 Å². The molecular weight excluding hydrogens is 384 g/mol. The number of rotatable bonds is 8. The second kappa shape index (κ2) is 10.1. The van der Waals surface area contributed by atoms with Gasteiger partial charge in [-0.05, 0) is 31.0 Å². The Labute approximate surface area is 176 Å². The van der Waals surface area contributed by atoms with Gasteiger partial charge in [0.25, 0.3) is 5.91 Å². The lowest BCUT2D eigenvalue weighted by molar-refractivity contribution is -0.120. The topological polar surface area (TPSA) is 77.1 Å². The number of benzene rings is 2. The molecule has 7 nitrogen and oxygen atoms in total. The van der Waals surface area contributed by atoms with E-state index in [9.17, 15) is 9.59 Å². The zero-order valence-corrected chi connectivity index (χ0v) is 17.6. The van der Waals surface area contributed by atoms with Gasteiger partial charge in [0.2, 0.25) is 5.91 Å². The number of anilines is 1. The van der Waals surface area contributed by atoms with Crippen LogP contribution in [-0.4, -0.2) is 57.2 Å². The average Bonchev–Trinajstić information content (AvgIpc) is 3.27. The Morgan fingerprint density at radius 1 is 1.13 bits per heavy atom. The van der Waals surface area contributed by atoms with Crippen molar-refractivity contribution in [3.8, 4) is 11.5 Å². The first-order chi connectivity index (χ1) is 14.6. The van der Waals surface area contributed by atoms with E-state index >= 15 is 0 Å². The molecule has 7 heteroatoms. The minimum absolute atomic E-state index is 0.0783. The Balaban J connectivity index is 1.81.